The maximum absolute atomic E-state index is 13.6. The van der Waals surface area contributed by atoms with Gasteiger partial charge in [0.1, 0.15) is 12.1 Å². The number of hydrogen-bond acceptors (Lipinski definition) is 5. The van der Waals surface area contributed by atoms with E-state index >= 15 is 0 Å². The summed E-state index contributed by atoms with van der Waals surface area (Å²) in [6.07, 6.45) is 1.14. The van der Waals surface area contributed by atoms with E-state index in [9.17, 15) is 19.5 Å². The van der Waals surface area contributed by atoms with Gasteiger partial charge in [-0.3, -0.25) is 9.59 Å². The molecule has 1 aromatic carbocycles. The first-order valence-corrected chi connectivity index (χ1v) is 12.0. The van der Waals surface area contributed by atoms with Crippen LogP contribution >= 0.6 is 0 Å². The van der Waals surface area contributed by atoms with Gasteiger partial charge in [-0.05, 0) is 37.8 Å². The molecule has 1 rings (SSSR count). The summed E-state index contributed by atoms with van der Waals surface area (Å²) in [6.45, 7) is 13.2. The van der Waals surface area contributed by atoms with Crippen molar-refractivity contribution in [3.63, 3.8) is 0 Å². The molecule has 3 N–H and O–H groups in total. The number of amides is 2. The highest BCUT2D eigenvalue weighted by atomic mass is 16.5. The molecule has 0 saturated heterocycles. The average molecular weight is 490 g/mol. The lowest BCUT2D eigenvalue weighted by molar-refractivity contribution is -0.141. The predicted octanol–water partition coefficient (Wildman–Crippen LogP) is 3.22. The van der Waals surface area contributed by atoms with Crippen LogP contribution in [0.5, 0.6) is 0 Å². The molecule has 0 aromatic heterocycles. The lowest BCUT2D eigenvalue weighted by Gasteiger charge is -2.38. The topological polar surface area (TPSA) is 108 Å². The monoisotopic (exact) mass is 489 g/mol. The quantitative estimate of drug-likeness (QED) is 0.389. The van der Waals surface area contributed by atoms with Crippen LogP contribution in [-0.4, -0.2) is 66.1 Å². The summed E-state index contributed by atoms with van der Waals surface area (Å²) in [4.78, 5) is 39.7. The number of rotatable bonds is 12. The van der Waals surface area contributed by atoms with Crippen LogP contribution in [-0.2, 0) is 25.7 Å². The normalized spacial score (nSPS) is 15.8. The molecule has 2 amide bonds. The summed E-state index contributed by atoms with van der Waals surface area (Å²) in [5.74, 6) is -1.68. The zero-order chi connectivity index (χ0) is 26.9. The van der Waals surface area contributed by atoms with E-state index in [-0.39, 0.29) is 23.3 Å². The Hall–Kier alpha value is -2.71. The van der Waals surface area contributed by atoms with Crippen molar-refractivity contribution in [2.75, 3.05) is 14.1 Å². The first-order chi connectivity index (χ1) is 16.2. The van der Waals surface area contributed by atoms with Gasteiger partial charge >= 0.3 is 5.97 Å². The minimum atomic E-state index is -1.03. The zero-order valence-electron chi connectivity index (χ0n) is 22.6. The molecule has 8 heteroatoms. The smallest absolute Gasteiger partial charge is 0.331 e. The maximum atomic E-state index is 13.6. The molecule has 35 heavy (non-hydrogen) atoms. The molecule has 0 fully saturated rings. The van der Waals surface area contributed by atoms with Crippen LogP contribution in [0.2, 0.25) is 0 Å². The second kappa shape index (κ2) is 13.4. The van der Waals surface area contributed by atoms with Gasteiger partial charge in [0.05, 0.1) is 18.8 Å². The Morgan fingerprint density at radius 1 is 1.11 bits per heavy atom. The predicted molar refractivity (Wildman–Crippen MR) is 138 cm³/mol. The number of carboxylic acids is 1. The molecule has 0 heterocycles. The molecular formula is C27H43N3O5. The number of carboxylic acid groups (broad SMARTS) is 1. The Bertz CT molecular complexity index is 877. The van der Waals surface area contributed by atoms with Crippen molar-refractivity contribution in [3.8, 4) is 0 Å². The molecule has 0 aliphatic carbocycles. The van der Waals surface area contributed by atoms with Crippen LogP contribution < -0.4 is 10.6 Å². The van der Waals surface area contributed by atoms with E-state index in [2.05, 4.69) is 10.6 Å². The number of ether oxygens (including phenoxy) is 1. The number of likely N-dealkylation sites (N-methyl/N-ethyl adjacent to an activating group) is 2. The fourth-order valence-corrected chi connectivity index (χ4v) is 3.79. The highest BCUT2D eigenvalue weighted by Crippen LogP contribution is 2.24. The Kier molecular flexibility index (Phi) is 11.6. The highest BCUT2D eigenvalue weighted by molar-refractivity contribution is 5.91. The van der Waals surface area contributed by atoms with E-state index in [1.807, 2.05) is 71.9 Å². The summed E-state index contributed by atoms with van der Waals surface area (Å²) in [5, 5.41) is 15.2. The van der Waals surface area contributed by atoms with E-state index in [4.69, 9.17) is 4.74 Å². The molecule has 8 nitrogen and oxygen atoms in total. The van der Waals surface area contributed by atoms with Gasteiger partial charge in [-0.1, -0.05) is 71.0 Å². The Morgan fingerprint density at radius 3 is 2.14 bits per heavy atom. The van der Waals surface area contributed by atoms with Crippen LogP contribution in [0.3, 0.4) is 0 Å². The number of aliphatic carboxylic acids is 1. The Balaban J connectivity index is 3.06. The van der Waals surface area contributed by atoms with E-state index in [0.29, 0.717) is 6.61 Å². The van der Waals surface area contributed by atoms with E-state index < -0.39 is 35.6 Å². The molecule has 0 radical (unpaired) electrons. The Morgan fingerprint density at radius 2 is 1.69 bits per heavy atom. The molecule has 0 spiro atoms. The van der Waals surface area contributed by atoms with E-state index in [1.165, 1.54) is 11.8 Å². The van der Waals surface area contributed by atoms with Gasteiger partial charge in [0.15, 0.2) is 0 Å². The third-order valence-corrected chi connectivity index (χ3v) is 6.05. The number of nitrogens with one attached hydrogen (secondary N) is 2. The van der Waals surface area contributed by atoms with Crippen molar-refractivity contribution in [1.82, 2.24) is 15.5 Å². The lowest BCUT2D eigenvalue weighted by Crippen LogP contribution is -2.60. The van der Waals surface area contributed by atoms with Crippen LogP contribution in [0.1, 0.15) is 54.0 Å². The number of benzene rings is 1. The third-order valence-electron chi connectivity index (χ3n) is 6.05. The summed E-state index contributed by atoms with van der Waals surface area (Å²) >= 11 is 0. The fourth-order valence-electron chi connectivity index (χ4n) is 3.79. The van der Waals surface area contributed by atoms with Gasteiger partial charge < -0.3 is 25.4 Å². The second-order valence-corrected chi connectivity index (χ2v) is 10.4. The van der Waals surface area contributed by atoms with Crippen molar-refractivity contribution in [3.05, 3.63) is 47.5 Å². The molecular weight excluding hydrogens is 446 g/mol. The number of nitrogens with zero attached hydrogens (tertiary/aromatic N) is 1. The summed E-state index contributed by atoms with van der Waals surface area (Å²) in [5.41, 5.74) is 0.586. The molecule has 0 aliphatic heterocycles. The minimum Gasteiger partial charge on any atom is -0.478 e. The van der Waals surface area contributed by atoms with Crippen LogP contribution in [0.4, 0.5) is 0 Å². The molecule has 0 aliphatic rings. The third kappa shape index (κ3) is 9.11. The van der Waals surface area contributed by atoms with Crippen LogP contribution in [0.15, 0.2) is 42.0 Å². The fraction of sp³-hybridized carbons (Fsp3) is 0.593. The average Bonchev–Trinajstić information content (AvgIpc) is 2.78. The number of carbonyl (C=O) groups is 3. The lowest BCUT2D eigenvalue weighted by atomic mass is 9.84. The molecule has 0 saturated carbocycles. The zero-order valence-corrected chi connectivity index (χ0v) is 22.6. The van der Waals surface area contributed by atoms with E-state index in [1.54, 1.807) is 20.2 Å². The number of carbonyl (C=O) groups excluding carboxylic acids is 2. The first-order valence-electron chi connectivity index (χ1n) is 12.0. The molecule has 4 atom stereocenters. The van der Waals surface area contributed by atoms with E-state index in [0.717, 1.165) is 5.56 Å². The standard InChI is InChI=1S/C27H43N3O5/c1-17(2)21(15-18(3)26(33)34)30(9)25(32)23(27(5,6)7)29-24(31)22(28-8)19(4)35-16-20-13-11-10-12-14-20/h10-15,17,19,21-23,28H,16H2,1-9H3,(H,29,31)(H,33,34)/b18-15+/t19?,21-,22+,23-/m1/s1. The summed E-state index contributed by atoms with van der Waals surface area (Å²) < 4.78 is 5.93. The highest BCUT2D eigenvalue weighted by Gasteiger charge is 2.38. The largest absolute Gasteiger partial charge is 0.478 e. The van der Waals surface area contributed by atoms with Gasteiger partial charge in [0, 0.05) is 12.6 Å². The molecule has 196 valence electrons. The van der Waals surface area contributed by atoms with Crippen LogP contribution in [0, 0.1) is 11.3 Å². The van der Waals surface area contributed by atoms with Crippen molar-refractivity contribution >= 4 is 17.8 Å². The van der Waals surface area contributed by atoms with Gasteiger partial charge in [0.25, 0.3) is 0 Å². The van der Waals surface area contributed by atoms with Gasteiger partial charge in [-0.15, -0.1) is 0 Å². The van der Waals surface area contributed by atoms with Crippen molar-refractivity contribution in [2.45, 2.75) is 79.3 Å². The molecule has 0 bridgehead atoms. The van der Waals surface area contributed by atoms with Gasteiger partial charge in [0.2, 0.25) is 11.8 Å². The summed E-state index contributed by atoms with van der Waals surface area (Å²) in [7, 11) is 3.33. The number of hydrogen-bond donors (Lipinski definition) is 3. The van der Waals surface area contributed by atoms with Gasteiger partial charge in [-0.25, -0.2) is 4.79 Å². The minimum absolute atomic E-state index is 0.0222. The SMILES string of the molecule is CN[C@H](C(=O)N[C@H](C(=O)N(C)[C@H](/C=C(\C)C(=O)O)C(C)C)C(C)(C)C)C(C)OCc1ccccc1. The van der Waals surface area contributed by atoms with Crippen LogP contribution in [0.25, 0.3) is 0 Å². The maximum Gasteiger partial charge on any atom is 0.331 e. The van der Waals surface area contributed by atoms with Crippen molar-refractivity contribution < 1.29 is 24.2 Å². The Labute approximate surface area is 210 Å². The second-order valence-electron chi connectivity index (χ2n) is 10.4. The first kappa shape index (κ1) is 30.3. The van der Waals surface area contributed by atoms with Crippen molar-refractivity contribution in [1.29, 1.82) is 0 Å². The van der Waals surface area contributed by atoms with Gasteiger partial charge in [-0.2, -0.15) is 0 Å². The molecule has 1 unspecified atom stereocenters. The molecule has 1 aromatic rings. The van der Waals surface area contributed by atoms with Crippen molar-refractivity contribution in [2.24, 2.45) is 11.3 Å². The summed E-state index contributed by atoms with van der Waals surface area (Å²) in [6, 6.07) is 7.77.